The Balaban J connectivity index is 1.67. The van der Waals surface area contributed by atoms with E-state index in [4.69, 9.17) is 19.5 Å². The van der Waals surface area contributed by atoms with Gasteiger partial charge in [0.25, 0.3) is 0 Å². The number of aromatic amines is 1. The van der Waals surface area contributed by atoms with Gasteiger partial charge < -0.3 is 14.4 Å². The largest absolute Gasteiger partial charge is 0.488 e. The Labute approximate surface area is 169 Å². The molecule has 1 aromatic heterocycles. The third kappa shape index (κ3) is 3.65. The van der Waals surface area contributed by atoms with Crippen LogP contribution in [0, 0.1) is 5.82 Å². The molecule has 4 rings (SSSR count). The van der Waals surface area contributed by atoms with Crippen molar-refractivity contribution < 1.29 is 27.9 Å². The van der Waals surface area contributed by atoms with Gasteiger partial charge in [-0.2, -0.15) is 5.10 Å². The summed E-state index contributed by atoms with van der Waals surface area (Å²) in [4.78, 5) is 16.9. The van der Waals surface area contributed by atoms with Crippen molar-refractivity contribution in [3.05, 3.63) is 53.5 Å². The first kappa shape index (κ1) is 19.2. The molecule has 0 saturated heterocycles. The third-order valence-corrected chi connectivity index (χ3v) is 4.53. The van der Waals surface area contributed by atoms with Crippen LogP contribution < -0.4 is 14.8 Å². The molecule has 0 radical (unpaired) electrons. The van der Waals surface area contributed by atoms with Crippen LogP contribution in [0.4, 0.5) is 4.39 Å². The zero-order valence-corrected chi connectivity index (χ0v) is 16.0. The molecule has 29 heavy (non-hydrogen) atoms. The maximum absolute atomic E-state index is 14.9. The van der Waals surface area contributed by atoms with E-state index in [0.29, 0.717) is 51.7 Å². The molecule has 1 aliphatic heterocycles. The predicted molar refractivity (Wildman–Crippen MR) is 103 cm³/mol. The van der Waals surface area contributed by atoms with Crippen molar-refractivity contribution in [3.63, 3.8) is 0 Å². The second-order valence-corrected chi connectivity index (χ2v) is 6.36. The number of carbonyl (C=O) groups excluding carboxylic acids is 1. The molecule has 0 unspecified atom stereocenters. The van der Waals surface area contributed by atoms with E-state index in [1.165, 1.54) is 6.07 Å². The molecule has 3 N–H and O–H groups in total. The van der Waals surface area contributed by atoms with Gasteiger partial charge in [0, 0.05) is 11.1 Å². The number of carbonyl (C=O) groups is 1. The van der Waals surface area contributed by atoms with Gasteiger partial charge in [-0.25, -0.2) is 9.18 Å². The Bertz CT molecular complexity index is 1050. The molecule has 0 aliphatic carbocycles. The summed E-state index contributed by atoms with van der Waals surface area (Å²) in [5.41, 5.74) is 2.71. The topological polar surface area (TPSA) is 109 Å². The molecule has 0 bridgehead atoms. The Hall–Kier alpha value is -3.08. The number of fused-ring (bicyclic) bond motifs is 3. The number of esters is 1. The predicted octanol–water partition coefficient (Wildman–Crippen LogP) is 3.78. The number of hydrogen-bond acceptors (Lipinski definition) is 8. The van der Waals surface area contributed by atoms with Crippen molar-refractivity contribution in [1.29, 1.82) is 0 Å². The summed E-state index contributed by atoms with van der Waals surface area (Å²) in [5, 5.41) is 11.9. The van der Waals surface area contributed by atoms with E-state index in [9.17, 15) is 9.18 Å². The molecule has 8 nitrogen and oxygen atoms in total. The molecular formula is C19H16FN3O5S. The van der Waals surface area contributed by atoms with Gasteiger partial charge in [-0.3, -0.25) is 10.2 Å². The van der Waals surface area contributed by atoms with E-state index in [2.05, 4.69) is 14.5 Å². The highest BCUT2D eigenvalue weighted by molar-refractivity contribution is 7.92. The summed E-state index contributed by atoms with van der Waals surface area (Å²) in [6, 6.07) is 9.60. The monoisotopic (exact) mass is 417 g/mol. The fourth-order valence-corrected chi connectivity index (χ4v) is 3.20. The summed E-state index contributed by atoms with van der Waals surface area (Å²) < 4.78 is 30.3. The number of nitrogens with two attached hydrogens (primary N) is 1. The number of H-pyrrole nitrogens is 1. The zero-order chi connectivity index (χ0) is 20.4. The number of benzene rings is 2. The minimum Gasteiger partial charge on any atom is -0.488 e. The summed E-state index contributed by atoms with van der Waals surface area (Å²) in [5.74, 6) is -0.0885. The SMILES string of the molecule is CCOC(=O)c1n[nH]c2c1COc1cc(-c3ccc(OOSN)cc3)c(F)cc1-2. The average Bonchev–Trinajstić information content (AvgIpc) is 3.17. The molecule has 0 saturated carbocycles. The van der Waals surface area contributed by atoms with E-state index in [1.54, 1.807) is 37.3 Å². The van der Waals surface area contributed by atoms with Crippen molar-refractivity contribution in [2.75, 3.05) is 6.61 Å². The minimum atomic E-state index is -0.548. The maximum Gasteiger partial charge on any atom is 0.359 e. The minimum absolute atomic E-state index is 0.124. The molecule has 0 fully saturated rings. The molecule has 10 heteroatoms. The second kappa shape index (κ2) is 8.11. The number of ether oxygens (including phenoxy) is 2. The smallest absolute Gasteiger partial charge is 0.359 e. The normalized spacial score (nSPS) is 12.0. The van der Waals surface area contributed by atoms with Gasteiger partial charge in [-0.05, 0) is 36.8 Å². The van der Waals surface area contributed by atoms with E-state index < -0.39 is 11.8 Å². The maximum atomic E-state index is 14.9. The fraction of sp³-hybridized carbons (Fsp3) is 0.158. The number of rotatable bonds is 6. The van der Waals surface area contributed by atoms with Crippen molar-refractivity contribution in [3.8, 4) is 33.9 Å². The standard InChI is InChI=1S/C19H16FN3O5S/c1-2-25-19(24)18-14-9-26-16-8-12(15(20)7-13(16)17(14)22-23-18)10-3-5-11(6-4-10)27-28-29-21/h3-8H,2,9,21H2,1H3,(H,22,23). The molecule has 2 aromatic carbocycles. The lowest BCUT2D eigenvalue weighted by Gasteiger charge is -2.19. The molecular weight excluding hydrogens is 401 g/mol. The Morgan fingerprint density at radius 2 is 2.10 bits per heavy atom. The number of aromatic nitrogens is 2. The number of halogens is 1. The van der Waals surface area contributed by atoms with Crippen LogP contribution in [-0.4, -0.2) is 22.8 Å². The number of hydrogen-bond donors (Lipinski definition) is 2. The lowest BCUT2D eigenvalue weighted by atomic mass is 9.97. The Morgan fingerprint density at radius 3 is 2.83 bits per heavy atom. The van der Waals surface area contributed by atoms with Crippen molar-refractivity contribution in [2.24, 2.45) is 5.14 Å². The molecule has 1 aliphatic rings. The van der Waals surface area contributed by atoms with E-state index in [1.807, 2.05) is 0 Å². The van der Waals surface area contributed by atoms with Crippen molar-refractivity contribution in [2.45, 2.75) is 13.5 Å². The molecule has 150 valence electrons. The van der Waals surface area contributed by atoms with Crippen LogP contribution in [0.25, 0.3) is 22.4 Å². The molecule has 0 amide bonds. The van der Waals surface area contributed by atoms with Crippen LogP contribution >= 0.6 is 12.2 Å². The van der Waals surface area contributed by atoms with Gasteiger partial charge in [0.2, 0.25) is 0 Å². The highest BCUT2D eigenvalue weighted by atomic mass is 32.2. The van der Waals surface area contributed by atoms with Crippen LogP contribution in [0.2, 0.25) is 0 Å². The molecule has 0 atom stereocenters. The first-order chi connectivity index (χ1) is 14.1. The van der Waals surface area contributed by atoms with E-state index >= 15 is 0 Å². The highest BCUT2D eigenvalue weighted by Crippen LogP contribution is 2.41. The lowest BCUT2D eigenvalue weighted by Crippen LogP contribution is -2.12. The Kier molecular flexibility index (Phi) is 5.38. The van der Waals surface area contributed by atoms with Gasteiger partial charge >= 0.3 is 5.97 Å². The highest BCUT2D eigenvalue weighted by Gasteiger charge is 2.28. The Morgan fingerprint density at radius 1 is 1.31 bits per heavy atom. The summed E-state index contributed by atoms with van der Waals surface area (Å²) in [6.45, 7) is 2.07. The van der Waals surface area contributed by atoms with Crippen LogP contribution in [0.1, 0.15) is 23.0 Å². The molecule has 2 heterocycles. The molecule has 3 aromatic rings. The summed E-state index contributed by atoms with van der Waals surface area (Å²) in [6.07, 6.45) is 0. The van der Waals surface area contributed by atoms with Gasteiger partial charge in [0.15, 0.2) is 11.4 Å². The van der Waals surface area contributed by atoms with Crippen molar-refractivity contribution >= 4 is 18.2 Å². The fourth-order valence-electron chi connectivity index (χ4n) is 3.09. The number of nitrogens with one attached hydrogen (secondary N) is 1. The van der Waals surface area contributed by atoms with Gasteiger partial charge in [-0.1, -0.05) is 16.5 Å². The van der Waals surface area contributed by atoms with Crippen LogP contribution in [0.5, 0.6) is 11.5 Å². The lowest BCUT2D eigenvalue weighted by molar-refractivity contribution is -0.0777. The first-order valence-corrected chi connectivity index (χ1v) is 9.44. The van der Waals surface area contributed by atoms with E-state index in [-0.39, 0.29) is 18.9 Å². The first-order valence-electron chi connectivity index (χ1n) is 8.64. The number of nitrogens with zero attached hydrogens (tertiary/aromatic N) is 1. The van der Waals surface area contributed by atoms with Crippen molar-refractivity contribution in [1.82, 2.24) is 10.2 Å². The van der Waals surface area contributed by atoms with Gasteiger partial charge in [-0.15, -0.1) is 0 Å². The van der Waals surface area contributed by atoms with Crippen LogP contribution in [-0.2, 0) is 15.7 Å². The van der Waals surface area contributed by atoms with E-state index in [0.717, 1.165) is 0 Å². The summed E-state index contributed by atoms with van der Waals surface area (Å²) in [7, 11) is 0. The summed E-state index contributed by atoms with van der Waals surface area (Å²) >= 11 is 0.580. The second-order valence-electron chi connectivity index (χ2n) is 6.04. The van der Waals surface area contributed by atoms with Crippen LogP contribution in [0.15, 0.2) is 36.4 Å². The quantitative estimate of drug-likeness (QED) is 0.205. The van der Waals surface area contributed by atoms with Crippen LogP contribution in [0.3, 0.4) is 0 Å². The van der Waals surface area contributed by atoms with Gasteiger partial charge in [0.1, 0.15) is 30.4 Å². The van der Waals surface area contributed by atoms with Gasteiger partial charge in [0.05, 0.1) is 17.9 Å². The molecule has 0 spiro atoms. The third-order valence-electron chi connectivity index (χ3n) is 4.38. The zero-order valence-electron chi connectivity index (χ0n) is 15.2. The average molecular weight is 417 g/mol.